The van der Waals surface area contributed by atoms with Gasteiger partial charge in [-0.25, -0.2) is 27.0 Å². The molecule has 0 aliphatic heterocycles. The first-order valence-corrected chi connectivity index (χ1v) is 11.5. The Morgan fingerprint density at radius 3 is 2.38 bits per heavy atom. The van der Waals surface area contributed by atoms with Crippen molar-refractivity contribution >= 4 is 38.6 Å². The Bertz CT molecular complexity index is 1660. The predicted molar refractivity (Wildman–Crippen MR) is 120 cm³/mol. The Labute approximate surface area is 205 Å². The second-order valence-corrected chi connectivity index (χ2v) is 9.07. The van der Waals surface area contributed by atoms with Gasteiger partial charge in [0.2, 0.25) is 0 Å². The van der Waals surface area contributed by atoms with Crippen molar-refractivity contribution in [3.05, 3.63) is 77.6 Å². The van der Waals surface area contributed by atoms with E-state index in [0.29, 0.717) is 6.07 Å². The molecule has 0 unspecified atom stereocenters. The molecular formula is C22H14F4N4O6S. The van der Waals surface area contributed by atoms with E-state index >= 15 is 4.39 Å². The summed E-state index contributed by atoms with van der Waals surface area (Å²) < 4.78 is 88.0. The van der Waals surface area contributed by atoms with Crippen molar-refractivity contribution in [2.75, 3.05) is 4.72 Å². The molecule has 0 fully saturated rings. The third kappa shape index (κ3) is 4.88. The molecule has 1 amide bonds. The summed E-state index contributed by atoms with van der Waals surface area (Å²) in [4.78, 5) is 26.4. The number of aromatic nitrogens is 2. The van der Waals surface area contributed by atoms with Crippen molar-refractivity contribution in [2.45, 2.75) is 11.5 Å². The van der Waals surface area contributed by atoms with E-state index in [2.05, 4.69) is 9.72 Å². The van der Waals surface area contributed by atoms with Gasteiger partial charge in [-0.1, -0.05) is 0 Å². The minimum Gasteiger partial charge on any atom is -0.478 e. The van der Waals surface area contributed by atoms with Crippen molar-refractivity contribution in [1.29, 1.82) is 0 Å². The number of carbonyl (C=O) groups is 2. The fourth-order valence-corrected chi connectivity index (χ4v) is 4.52. The van der Waals surface area contributed by atoms with Gasteiger partial charge >= 0.3 is 12.6 Å². The van der Waals surface area contributed by atoms with E-state index in [1.165, 1.54) is 18.3 Å². The number of carboxylic acid groups (broad SMARTS) is 1. The molecule has 0 aliphatic carbocycles. The van der Waals surface area contributed by atoms with Crippen molar-refractivity contribution in [2.24, 2.45) is 5.73 Å². The van der Waals surface area contributed by atoms with Gasteiger partial charge in [0.25, 0.3) is 15.9 Å². The highest BCUT2D eigenvalue weighted by atomic mass is 32.2. The van der Waals surface area contributed by atoms with E-state index in [9.17, 15) is 31.2 Å². The van der Waals surface area contributed by atoms with Crippen LogP contribution in [0.3, 0.4) is 0 Å². The molecule has 15 heteroatoms. The number of aromatic carboxylic acids is 1. The normalized spacial score (nSPS) is 11.6. The molecule has 0 aliphatic rings. The van der Waals surface area contributed by atoms with Crippen LogP contribution in [0.1, 0.15) is 20.7 Å². The molecule has 0 radical (unpaired) electrons. The number of hydrogen-bond acceptors (Lipinski definition) is 6. The third-order valence-electron chi connectivity index (χ3n) is 5.07. The number of anilines is 1. The number of rotatable bonds is 8. The molecule has 2 aromatic heterocycles. The summed E-state index contributed by atoms with van der Waals surface area (Å²) in [6, 6.07) is 6.91. The van der Waals surface area contributed by atoms with E-state index in [1.807, 2.05) is 4.72 Å². The van der Waals surface area contributed by atoms with Crippen LogP contribution in [0.15, 0.2) is 59.8 Å². The maximum atomic E-state index is 15.4. The molecule has 0 bridgehead atoms. The molecule has 0 saturated carbocycles. The first kappa shape index (κ1) is 25.4. The van der Waals surface area contributed by atoms with Gasteiger partial charge in [-0.05, 0) is 36.4 Å². The number of fused-ring (bicyclic) bond motifs is 1. The van der Waals surface area contributed by atoms with Crippen LogP contribution in [0.4, 0.5) is 23.2 Å². The van der Waals surface area contributed by atoms with Crippen LogP contribution in [-0.4, -0.2) is 41.6 Å². The van der Waals surface area contributed by atoms with Gasteiger partial charge in [-0.3, -0.25) is 14.1 Å². The highest BCUT2D eigenvalue weighted by molar-refractivity contribution is 7.92. The maximum Gasteiger partial charge on any atom is 0.387 e. The van der Waals surface area contributed by atoms with Crippen LogP contribution < -0.4 is 15.2 Å². The fraction of sp³-hybridized carbons (Fsp3) is 0.0455. The lowest BCUT2D eigenvalue weighted by Gasteiger charge is -2.17. The lowest BCUT2D eigenvalue weighted by molar-refractivity contribution is -0.0498. The zero-order chi connectivity index (χ0) is 27.1. The predicted octanol–water partition coefficient (Wildman–Crippen LogP) is 3.50. The number of carbonyl (C=O) groups excluding carboxylic acids is 1. The first-order chi connectivity index (χ1) is 17.4. The number of ether oxygens (including phenoxy) is 1. The number of nitrogens with zero attached hydrogens (tertiary/aromatic N) is 2. The topological polar surface area (TPSA) is 154 Å². The van der Waals surface area contributed by atoms with E-state index in [-0.39, 0.29) is 22.3 Å². The number of carboxylic acids is 1. The van der Waals surface area contributed by atoms with Crippen LogP contribution >= 0.6 is 0 Å². The first-order valence-electron chi connectivity index (χ1n) is 9.99. The van der Waals surface area contributed by atoms with Crippen molar-refractivity contribution in [1.82, 2.24) is 9.55 Å². The van der Waals surface area contributed by atoms with Crippen LogP contribution in [0.5, 0.6) is 5.75 Å². The second kappa shape index (κ2) is 9.42. The van der Waals surface area contributed by atoms with Gasteiger partial charge in [0.05, 0.1) is 16.1 Å². The summed E-state index contributed by atoms with van der Waals surface area (Å²) >= 11 is 0. The van der Waals surface area contributed by atoms with E-state index in [1.54, 1.807) is 0 Å². The summed E-state index contributed by atoms with van der Waals surface area (Å²) in [6.45, 7) is -3.15. The monoisotopic (exact) mass is 538 g/mol. The Morgan fingerprint density at radius 1 is 1.11 bits per heavy atom. The third-order valence-corrected chi connectivity index (χ3v) is 6.44. The van der Waals surface area contributed by atoms with Crippen molar-refractivity contribution in [3.63, 3.8) is 0 Å². The molecule has 2 heterocycles. The Kier molecular flexibility index (Phi) is 6.48. The average Bonchev–Trinajstić information content (AvgIpc) is 3.23. The molecule has 4 aromatic rings. The maximum absolute atomic E-state index is 15.4. The number of halogens is 4. The highest BCUT2D eigenvalue weighted by Gasteiger charge is 2.27. The van der Waals surface area contributed by atoms with E-state index < -0.39 is 62.0 Å². The molecule has 192 valence electrons. The molecule has 0 saturated heterocycles. The van der Waals surface area contributed by atoms with Gasteiger partial charge in [0, 0.05) is 23.8 Å². The summed E-state index contributed by atoms with van der Waals surface area (Å²) in [5.74, 6) is -6.17. The summed E-state index contributed by atoms with van der Waals surface area (Å²) in [7, 11) is -4.64. The number of hydrogen-bond donors (Lipinski definition) is 3. The lowest BCUT2D eigenvalue weighted by Crippen LogP contribution is -2.21. The van der Waals surface area contributed by atoms with E-state index in [0.717, 1.165) is 35.0 Å². The smallest absolute Gasteiger partial charge is 0.387 e. The molecule has 10 nitrogen and oxygen atoms in total. The van der Waals surface area contributed by atoms with E-state index in [4.69, 9.17) is 10.8 Å². The van der Waals surface area contributed by atoms with Gasteiger partial charge in [-0.2, -0.15) is 8.78 Å². The number of sulfonamides is 1. The number of amides is 1. The van der Waals surface area contributed by atoms with Crippen molar-refractivity contribution in [3.8, 4) is 11.4 Å². The quantitative estimate of drug-likeness (QED) is 0.290. The lowest BCUT2D eigenvalue weighted by atomic mass is 10.1. The Morgan fingerprint density at radius 2 is 1.78 bits per heavy atom. The SMILES string of the molecule is NC(=O)c1c(F)cc(-n2ccc3cc(C(=O)O)cnc32)c(NS(=O)(=O)c2ccc(OC(F)F)cc2)c1F. The zero-order valence-corrected chi connectivity index (χ0v) is 19.0. The van der Waals surface area contributed by atoms with Crippen LogP contribution in [0.2, 0.25) is 0 Å². The van der Waals surface area contributed by atoms with Gasteiger partial charge in [-0.15, -0.1) is 0 Å². The minimum absolute atomic E-state index is 0.00423. The molecule has 2 aromatic carbocycles. The number of nitrogens with one attached hydrogen (secondary N) is 1. The Hall–Kier alpha value is -4.66. The molecule has 4 N–H and O–H groups in total. The number of benzene rings is 2. The fourth-order valence-electron chi connectivity index (χ4n) is 3.45. The molecule has 37 heavy (non-hydrogen) atoms. The number of pyridine rings is 1. The van der Waals surface area contributed by atoms with Crippen LogP contribution in [-0.2, 0) is 10.0 Å². The Balaban J connectivity index is 1.87. The van der Waals surface area contributed by atoms with Gasteiger partial charge in [0.1, 0.15) is 28.5 Å². The number of nitrogens with two attached hydrogens (primary N) is 1. The zero-order valence-electron chi connectivity index (χ0n) is 18.2. The highest BCUT2D eigenvalue weighted by Crippen LogP contribution is 2.33. The minimum atomic E-state index is -4.64. The molecule has 0 spiro atoms. The summed E-state index contributed by atoms with van der Waals surface area (Å²) in [6.07, 6.45) is 2.23. The summed E-state index contributed by atoms with van der Waals surface area (Å²) in [5.41, 5.74) is 2.34. The molecular weight excluding hydrogens is 524 g/mol. The van der Waals surface area contributed by atoms with Crippen molar-refractivity contribution < 1.29 is 45.4 Å². The van der Waals surface area contributed by atoms with Crippen LogP contribution in [0, 0.1) is 11.6 Å². The molecule has 4 rings (SSSR count). The largest absolute Gasteiger partial charge is 0.478 e. The summed E-state index contributed by atoms with van der Waals surface area (Å²) in [5, 5.41) is 9.39. The number of primary amides is 1. The van der Waals surface area contributed by atoms with Gasteiger partial charge < -0.3 is 15.6 Å². The van der Waals surface area contributed by atoms with Crippen LogP contribution in [0.25, 0.3) is 16.7 Å². The average molecular weight is 538 g/mol. The number of alkyl halides is 2. The van der Waals surface area contributed by atoms with Gasteiger partial charge in [0.15, 0.2) is 5.82 Å². The molecule has 0 atom stereocenters. The standard InChI is InChI=1S/C22H14F4N4O6S/c23-14-8-15(30-6-5-10-7-11(21(32)33)9-28-20(10)30)18(17(24)16(14)19(27)31)29-37(34,35)13-3-1-12(2-4-13)36-22(25)26/h1-9,22,29H,(H2,27,31)(H,32,33). The second-order valence-electron chi connectivity index (χ2n) is 7.39.